The van der Waals surface area contributed by atoms with Crippen LogP contribution >= 0.6 is 22.6 Å². The molecule has 0 aliphatic heterocycles. The van der Waals surface area contributed by atoms with Crippen LogP contribution in [0.5, 0.6) is 0 Å². The van der Waals surface area contributed by atoms with Crippen LogP contribution in [0.2, 0.25) is 0 Å². The molecule has 0 spiro atoms. The third-order valence-corrected chi connectivity index (χ3v) is 4.60. The van der Waals surface area contributed by atoms with Gasteiger partial charge in [0, 0.05) is 20.0 Å². The molecular weight excluding hydrogens is 369 g/mol. The van der Waals surface area contributed by atoms with E-state index in [1.54, 1.807) is 0 Å². The maximum atomic E-state index is 2.38. The monoisotopic (exact) mass is 383 g/mol. The first-order chi connectivity index (χ1) is 10.2. The summed E-state index contributed by atoms with van der Waals surface area (Å²) >= 11 is 2.38. The highest BCUT2D eigenvalue weighted by Gasteiger charge is 2.11. The minimum Gasteiger partial charge on any atom is -0.309 e. The second-order valence-electron chi connectivity index (χ2n) is 5.35. The van der Waals surface area contributed by atoms with Crippen molar-refractivity contribution in [2.45, 2.75) is 6.92 Å². The molecule has 0 N–H and O–H groups in total. The molecular formula is C19H14IN. The highest BCUT2D eigenvalue weighted by atomic mass is 127. The number of rotatable bonds is 1. The van der Waals surface area contributed by atoms with Crippen molar-refractivity contribution >= 4 is 44.4 Å². The molecule has 0 saturated heterocycles. The summed E-state index contributed by atoms with van der Waals surface area (Å²) in [5.74, 6) is 0. The molecule has 102 valence electrons. The van der Waals surface area contributed by atoms with E-state index in [0.717, 1.165) is 0 Å². The predicted octanol–water partition coefficient (Wildman–Crippen LogP) is 5.70. The van der Waals surface area contributed by atoms with Gasteiger partial charge in [0.15, 0.2) is 0 Å². The zero-order valence-electron chi connectivity index (χ0n) is 11.7. The van der Waals surface area contributed by atoms with Gasteiger partial charge in [-0.3, -0.25) is 0 Å². The summed E-state index contributed by atoms with van der Waals surface area (Å²) in [5, 5.41) is 2.63. The Morgan fingerprint density at radius 1 is 0.762 bits per heavy atom. The summed E-state index contributed by atoms with van der Waals surface area (Å²) in [6.07, 6.45) is 0. The molecule has 0 aliphatic carbocycles. The van der Waals surface area contributed by atoms with Crippen LogP contribution in [0.3, 0.4) is 0 Å². The third kappa shape index (κ3) is 2.05. The van der Waals surface area contributed by atoms with E-state index in [2.05, 4.69) is 101 Å². The summed E-state index contributed by atoms with van der Waals surface area (Å²) in [7, 11) is 0. The van der Waals surface area contributed by atoms with E-state index in [-0.39, 0.29) is 0 Å². The van der Waals surface area contributed by atoms with Crippen LogP contribution in [-0.2, 0) is 0 Å². The Kier molecular flexibility index (Phi) is 3.00. The van der Waals surface area contributed by atoms with Gasteiger partial charge < -0.3 is 4.57 Å². The van der Waals surface area contributed by atoms with Crippen LogP contribution in [0.25, 0.3) is 27.5 Å². The first kappa shape index (κ1) is 12.9. The van der Waals surface area contributed by atoms with E-state index < -0.39 is 0 Å². The Hall–Kier alpha value is -1.81. The topological polar surface area (TPSA) is 4.93 Å². The molecule has 1 aromatic heterocycles. The second-order valence-corrected chi connectivity index (χ2v) is 6.60. The average Bonchev–Trinajstić information content (AvgIpc) is 2.82. The van der Waals surface area contributed by atoms with E-state index in [4.69, 9.17) is 0 Å². The van der Waals surface area contributed by atoms with Gasteiger partial charge in [0.1, 0.15) is 0 Å². The zero-order chi connectivity index (χ0) is 14.4. The molecule has 1 heterocycles. The highest BCUT2D eigenvalue weighted by Crippen LogP contribution is 2.32. The molecule has 0 atom stereocenters. The van der Waals surface area contributed by atoms with Crippen LogP contribution in [0.1, 0.15) is 5.56 Å². The molecule has 21 heavy (non-hydrogen) atoms. The van der Waals surface area contributed by atoms with Crippen molar-refractivity contribution in [2.24, 2.45) is 0 Å². The van der Waals surface area contributed by atoms with Gasteiger partial charge in [-0.05, 0) is 65.9 Å². The van der Waals surface area contributed by atoms with E-state index in [1.165, 1.54) is 36.6 Å². The van der Waals surface area contributed by atoms with Crippen LogP contribution < -0.4 is 0 Å². The highest BCUT2D eigenvalue weighted by molar-refractivity contribution is 14.1. The second kappa shape index (κ2) is 4.88. The van der Waals surface area contributed by atoms with Gasteiger partial charge in [-0.1, -0.05) is 35.9 Å². The van der Waals surface area contributed by atoms with Gasteiger partial charge in [0.2, 0.25) is 0 Å². The van der Waals surface area contributed by atoms with E-state index in [1.807, 2.05) is 0 Å². The maximum Gasteiger partial charge on any atom is 0.0541 e. The first-order valence-corrected chi connectivity index (χ1v) is 8.08. The summed E-state index contributed by atoms with van der Waals surface area (Å²) in [5.41, 5.74) is 5.03. The van der Waals surface area contributed by atoms with Gasteiger partial charge in [-0.2, -0.15) is 0 Å². The van der Waals surface area contributed by atoms with Gasteiger partial charge in [0.05, 0.1) is 11.0 Å². The Morgan fingerprint density at radius 3 is 2.29 bits per heavy atom. The van der Waals surface area contributed by atoms with Crippen molar-refractivity contribution in [2.75, 3.05) is 0 Å². The average molecular weight is 383 g/mol. The predicted molar refractivity (Wildman–Crippen MR) is 98.2 cm³/mol. The minimum atomic E-state index is 1.22. The Morgan fingerprint density at radius 2 is 1.48 bits per heavy atom. The maximum absolute atomic E-state index is 2.38. The molecule has 4 rings (SSSR count). The number of benzene rings is 3. The number of halogens is 1. The molecule has 0 radical (unpaired) electrons. The van der Waals surface area contributed by atoms with Crippen LogP contribution in [0.4, 0.5) is 0 Å². The molecule has 0 aliphatic rings. The fraction of sp³-hybridized carbons (Fsp3) is 0.0526. The number of aromatic nitrogens is 1. The number of aryl methyl sites for hydroxylation is 1. The number of fused-ring (bicyclic) bond motifs is 3. The summed E-state index contributed by atoms with van der Waals surface area (Å²) in [4.78, 5) is 0. The number of nitrogens with zero attached hydrogens (tertiary/aromatic N) is 1. The lowest BCUT2D eigenvalue weighted by molar-refractivity contribution is 1.17. The van der Waals surface area contributed by atoms with Crippen LogP contribution in [-0.4, -0.2) is 4.57 Å². The van der Waals surface area contributed by atoms with Crippen LogP contribution in [0, 0.1) is 10.5 Å². The molecule has 1 nitrogen and oxygen atoms in total. The van der Waals surface area contributed by atoms with Crippen molar-refractivity contribution in [3.63, 3.8) is 0 Å². The van der Waals surface area contributed by atoms with E-state index >= 15 is 0 Å². The minimum absolute atomic E-state index is 1.22. The molecule has 2 heteroatoms. The Labute approximate surface area is 137 Å². The Balaban J connectivity index is 2.17. The van der Waals surface area contributed by atoms with Gasteiger partial charge in [-0.25, -0.2) is 0 Å². The lowest BCUT2D eigenvalue weighted by atomic mass is 10.2. The summed E-state index contributed by atoms with van der Waals surface area (Å²) < 4.78 is 3.62. The SMILES string of the molecule is Cc1ccc(-n2c3ccccc3c3cc(I)ccc32)cc1. The third-order valence-electron chi connectivity index (χ3n) is 3.93. The molecule has 0 fully saturated rings. The molecule has 0 amide bonds. The van der Waals surface area contributed by atoms with Gasteiger partial charge in [-0.15, -0.1) is 0 Å². The smallest absolute Gasteiger partial charge is 0.0541 e. The Bertz CT molecular complexity index is 949. The van der Waals surface area contributed by atoms with Gasteiger partial charge >= 0.3 is 0 Å². The number of para-hydroxylation sites is 1. The molecule has 0 bridgehead atoms. The van der Waals surface area contributed by atoms with Crippen molar-refractivity contribution in [3.8, 4) is 5.69 Å². The molecule has 0 unspecified atom stereocenters. The fourth-order valence-electron chi connectivity index (χ4n) is 2.92. The quantitative estimate of drug-likeness (QED) is 0.372. The van der Waals surface area contributed by atoms with E-state index in [9.17, 15) is 0 Å². The largest absolute Gasteiger partial charge is 0.309 e. The number of hydrogen-bond donors (Lipinski definition) is 0. The molecule has 4 aromatic rings. The fourth-order valence-corrected chi connectivity index (χ4v) is 3.41. The van der Waals surface area contributed by atoms with Crippen molar-refractivity contribution < 1.29 is 0 Å². The first-order valence-electron chi connectivity index (χ1n) is 7.00. The molecule has 0 saturated carbocycles. The molecule has 3 aromatic carbocycles. The van der Waals surface area contributed by atoms with Crippen molar-refractivity contribution in [1.29, 1.82) is 0 Å². The summed E-state index contributed by atoms with van der Waals surface area (Å²) in [6, 6.07) is 24.0. The van der Waals surface area contributed by atoms with Gasteiger partial charge in [0.25, 0.3) is 0 Å². The lowest BCUT2D eigenvalue weighted by Crippen LogP contribution is -1.93. The zero-order valence-corrected chi connectivity index (χ0v) is 13.8. The standard InChI is InChI=1S/C19H14IN/c1-13-6-9-15(10-7-13)21-18-5-3-2-4-16(18)17-12-14(20)8-11-19(17)21/h2-12H,1H3. The lowest BCUT2D eigenvalue weighted by Gasteiger charge is -2.08. The summed E-state index contributed by atoms with van der Waals surface area (Å²) in [6.45, 7) is 2.12. The normalized spacial score (nSPS) is 11.3. The van der Waals surface area contributed by atoms with Crippen molar-refractivity contribution in [3.05, 3.63) is 75.9 Å². The van der Waals surface area contributed by atoms with Crippen LogP contribution in [0.15, 0.2) is 66.7 Å². The number of hydrogen-bond acceptors (Lipinski definition) is 0. The van der Waals surface area contributed by atoms with Crippen molar-refractivity contribution in [1.82, 2.24) is 4.57 Å². The van der Waals surface area contributed by atoms with E-state index in [0.29, 0.717) is 0 Å².